The Morgan fingerprint density at radius 3 is 2.75 bits per heavy atom. The van der Waals surface area contributed by atoms with E-state index in [-0.39, 0.29) is 29.1 Å². The summed E-state index contributed by atoms with van der Waals surface area (Å²) in [5, 5.41) is 11.3. The lowest BCUT2D eigenvalue weighted by Gasteiger charge is -2.31. The molecule has 0 bridgehead atoms. The van der Waals surface area contributed by atoms with Gasteiger partial charge in [-0.2, -0.15) is 14.6 Å². The minimum atomic E-state index is -1.08. The van der Waals surface area contributed by atoms with Crippen molar-refractivity contribution in [2.45, 2.75) is 18.8 Å². The number of amides is 1. The first-order valence-corrected chi connectivity index (χ1v) is 11.3. The number of benzene rings is 2. The van der Waals surface area contributed by atoms with Crippen LogP contribution in [0.3, 0.4) is 0 Å². The van der Waals surface area contributed by atoms with Gasteiger partial charge in [-0.25, -0.2) is 14.2 Å². The van der Waals surface area contributed by atoms with Crippen molar-refractivity contribution in [1.82, 2.24) is 24.9 Å². The lowest BCUT2D eigenvalue weighted by atomic mass is 9.93. The molecule has 2 aromatic heterocycles. The predicted molar refractivity (Wildman–Crippen MR) is 129 cm³/mol. The van der Waals surface area contributed by atoms with Crippen molar-refractivity contribution in [3.63, 3.8) is 0 Å². The van der Waals surface area contributed by atoms with Gasteiger partial charge in [0.15, 0.2) is 17.4 Å². The minimum Gasteiger partial charge on any atom is -0.454 e. The van der Waals surface area contributed by atoms with Crippen LogP contribution in [0.4, 0.5) is 14.6 Å². The monoisotopic (exact) mass is 492 g/mol. The number of hydrogen-bond acceptors (Lipinski definition) is 6. The summed E-state index contributed by atoms with van der Waals surface area (Å²) in [4.78, 5) is 26.7. The van der Waals surface area contributed by atoms with Crippen molar-refractivity contribution in [1.29, 1.82) is 0 Å². The van der Waals surface area contributed by atoms with Gasteiger partial charge < -0.3 is 15.4 Å². The molecule has 5 rings (SSSR count). The highest BCUT2D eigenvalue weighted by molar-refractivity contribution is 5.91. The summed E-state index contributed by atoms with van der Waals surface area (Å²) >= 11 is 0. The van der Waals surface area contributed by atoms with Crippen LogP contribution in [0.5, 0.6) is 11.5 Å². The number of piperidine rings is 1. The van der Waals surface area contributed by atoms with Gasteiger partial charge in [-0.05, 0) is 55.3 Å². The van der Waals surface area contributed by atoms with Crippen molar-refractivity contribution < 1.29 is 18.3 Å². The van der Waals surface area contributed by atoms with Crippen LogP contribution in [0.15, 0.2) is 59.9 Å². The highest BCUT2D eigenvalue weighted by Gasteiger charge is 2.30. The number of rotatable bonds is 5. The third-order valence-corrected chi connectivity index (χ3v) is 6.18. The van der Waals surface area contributed by atoms with Gasteiger partial charge in [-0.3, -0.25) is 9.59 Å². The zero-order valence-electron chi connectivity index (χ0n) is 19.1. The number of H-pyrrole nitrogens is 1. The van der Waals surface area contributed by atoms with E-state index < -0.39 is 17.2 Å². The molecule has 0 spiro atoms. The first kappa shape index (κ1) is 23.2. The van der Waals surface area contributed by atoms with Crippen LogP contribution in [-0.4, -0.2) is 43.9 Å². The normalized spacial score (nSPS) is 15.7. The maximum Gasteiger partial charge on any atom is 0.275 e. The van der Waals surface area contributed by atoms with Crippen LogP contribution in [-0.2, 0) is 4.79 Å². The molecule has 0 aliphatic carbocycles. The molecule has 4 aromatic rings. The van der Waals surface area contributed by atoms with E-state index in [4.69, 9.17) is 15.6 Å². The molecule has 3 heterocycles. The maximum atomic E-state index is 14.0. The van der Waals surface area contributed by atoms with Crippen molar-refractivity contribution in [3.05, 3.63) is 82.8 Å². The minimum absolute atomic E-state index is 0.0836. The maximum absolute atomic E-state index is 14.0. The van der Waals surface area contributed by atoms with Gasteiger partial charge in [0.25, 0.3) is 5.56 Å². The topological polar surface area (TPSA) is 119 Å². The van der Waals surface area contributed by atoms with Gasteiger partial charge in [0.05, 0.1) is 16.8 Å². The number of ether oxygens (including phenoxy) is 1. The third kappa shape index (κ3) is 4.08. The molecule has 1 aliphatic rings. The van der Waals surface area contributed by atoms with E-state index in [0.717, 1.165) is 18.9 Å². The molecule has 36 heavy (non-hydrogen) atoms. The molecule has 2 aromatic carbocycles. The number of aromatic amines is 1. The number of halogens is 2. The Morgan fingerprint density at radius 2 is 2.00 bits per heavy atom. The number of fused-ring (bicyclic) bond motifs is 1. The summed E-state index contributed by atoms with van der Waals surface area (Å²) in [6, 6.07) is 10.1. The quantitative estimate of drug-likeness (QED) is 0.411. The number of hydrogen-bond donors (Lipinski definition) is 2. The van der Waals surface area contributed by atoms with E-state index in [1.165, 1.54) is 22.9 Å². The van der Waals surface area contributed by atoms with Gasteiger partial charge in [0.2, 0.25) is 11.7 Å². The van der Waals surface area contributed by atoms with Crippen LogP contribution >= 0.6 is 0 Å². The van der Waals surface area contributed by atoms with E-state index >= 15 is 0 Å². The Kier molecular flexibility index (Phi) is 5.96. The van der Waals surface area contributed by atoms with Crippen LogP contribution in [0, 0.1) is 11.6 Å². The van der Waals surface area contributed by atoms with Crippen LogP contribution < -0.4 is 16.0 Å². The highest BCUT2D eigenvalue weighted by atomic mass is 19.2. The molecule has 1 aliphatic heterocycles. The van der Waals surface area contributed by atoms with Gasteiger partial charge in [0, 0.05) is 19.0 Å². The molecule has 1 amide bonds. The molecule has 184 valence electrons. The van der Waals surface area contributed by atoms with E-state index in [9.17, 15) is 18.4 Å². The Labute approximate surface area is 203 Å². The zero-order valence-corrected chi connectivity index (χ0v) is 19.1. The van der Waals surface area contributed by atoms with E-state index in [1.807, 2.05) is 0 Å². The SMILES string of the molecule is C=CC(=O)N1CCC[C@H](c2nn(-c3ccc(Oc4cccc(F)c4F)cc3)c3c(N)n[nH]c(=O)c23)C1. The predicted octanol–water partition coefficient (Wildman–Crippen LogP) is 3.65. The Morgan fingerprint density at radius 1 is 1.22 bits per heavy atom. The van der Waals surface area contributed by atoms with Crippen molar-refractivity contribution in [3.8, 4) is 17.2 Å². The first-order chi connectivity index (χ1) is 17.4. The second-order valence-electron chi connectivity index (χ2n) is 8.43. The van der Waals surface area contributed by atoms with Gasteiger partial charge in [0.1, 0.15) is 11.3 Å². The number of nitrogens with one attached hydrogen (secondary N) is 1. The third-order valence-electron chi connectivity index (χ3n) is 6.18. The molecule has 9 nitrogen and oxygen atoms in total. The molecule has 1 fully saturated rings. The Hall–Kier alpha value is -4.54. The van der Waals surface area contributed by atoms with E-state index in [0.29, 0.717) is 35.4 Å². The summed E-state index contributed by atoms with van der Waals surface area (Å²) < 4.78 is 34.5. The fourth-order valence-electron chi connectivity index (χ4n) is 4.46. The van der Waals surface area contributed by atoms with Crippen molar-refractivity contribution >= 4 is 22.6 Å². The second kappa shape index (κ2) is 9.25. The number of nitrogens with two attached hydrogens (primary N) is 1. The largest absolute Gasteiger partial charge is 0.454 e. The average Bonchev–Trinajstić information content (AvgIpc) is 3.31. The molecule has 0 saturated carbocycles. The Bertz CT molecular complexity index is 1530. The molecule has 3 N–H and O–H groups in total. The fourth-order valence-corrected chi connectivity index (χ4v) is 4.46. The van der Waals surface area contributed by atoms with Crippen LogP contribution in [0.2, 0.25) is 0 Å². The van der Waals surface area contributed by atoms with Gasteiger partial charge in [-0.1, -0.05) is 12.6 Å². The summed E-state index contributed by atoms with van der Waals surface area (Å²) in [6.45, 7) is 4.55. The zero-order chi connectivity index (χ0) is 25.4. The summed E-state index contributed by atoms with van der Waals surface area (Å²) in [5.74, 6) is -2.35. The molecule has 0 radical (unpaired) electrons. The summed E-state index contributed by atoms with van der Waals surface area (Å²) in [5.41, 5.74) is 7.11. The fraction of sp³-hybridized carbons (Fsp3) is 0.200. The molecule has 1 saturated heterocycles. The lowest BCUT2D eigenvalue weighted by molar-refractivity contribution is -0.127. The highest BCUT2D eigenvalue weighted by Crippen LogP contribution is 2.33. The average molecular weight is 492 g/mol. The van der Waals surface area contributed by atoms with Crippen molar-refractivity contribution in [2.24, 2.45) is 0 Å². The molecular weight excluding hydrogens is 470 g/mol. The molecule has 1 atom stereocenters. The molecule has 0 unspecified atom stereocenters. The number of likely N-dealkylation sites (tertiary alicyclic amines) is 1. The number of carbonyl (C=O) groups excluding carboxylic acids is 1. The number of aromatic nitrogens is 4. The number of nitrogens with zero attached hydrogens (tertiary/aromatic N) is 4. The second-order valence-corrected chi connectivity index (χ2v) is 8.43. The van der Waals surface area contributed by atoms with Crippen LogP contribution in [0.1, 0.15) is 24.5 Å². The first-order valence-electron chi connectivity index (χ1n) is 11.3. The number of carbonyl (C=O) groups is 1. The van der Waals surface area contributed by atoms with E-state index in [2.05, 4.69) is 16.8 Å². The standard InChI is InChI=1S/C25H22F2N6O3/c1-2-19(34)32-12-4-5-14(13-32)22-20-23(24(28)29-30-25(20)35)33(31-22)15-8-10-16(11-9-15)36-18-7-3-6-17(26)21(18)27/h2-3,6-11,14H,1,4-5,12-13H2,(H2,28,29)(H,30,35)/t14-/m0/s1. The van der Waals surface area contributed by atoms with Crippen LogP contribution in [0.25, 0.3) is 16.6 Å². The van der Waals surface area contributed by atoms with Gasteiger partial charge in [-0.15, -0.1) is 0 Å². The number of anilines is 1. The van der Waals surface area contributed by atoms with Crippen molar-refractivity contribution in [2.75, 3.05) is 18.8 Å². The number of nitrogen functional groups attached to an aromatic ring is 1. The molecule has 11 heteroatoms. The van der Waals surface area contributed by atoms with E-state index in [1.54, 1.807) is 29.2 Å². The summed E-state index contributed by atoms with van der Waals surface area (Å²) in [6.07, 6.45) is 2.76. The smallest absolute Gasteiger partial charge is 0.275 e. The lowest BCUT2D eigenvalue weighted by Crippen LogP contribution is -2.38. The Balaban J connectivity index is 1.54. The summed E-state index contributed by atoms with van der Waals surface area (Å²) in [7, 11) is 0. The molecular formula is C25H22F2N6O3. The van der Waals surface area contributed by atoms with Gasteiger partial charge >= 0.3 is 0 Å².